The number of hydrogen-bond acceptors (Lipinski definition) is 3. The molecule has 0 aromatic heterocycles. The number of likely N-dealkylation sites (N-methyl/N-ethyl adjacent to an activating group) is 1. The molecule has 2 aromatic carbocycles. The van der Waals surface area contributed by atoms with Crippen molar-refractivity contribution in [2.75, 3.05) is 45.2 Å². The van der Waals surface area contributed by atoms with Gasteiger partial charge in [0.2, 0.25) is 0 Å². The number of fused-ring (bicyclic) bond motifs is 1. The van der Waals surface area contributed by atoms with Gasteiger partial charge in [-0.3, -0.25) is 4.90 Å². The summed E-state index contributed by atoms with van der Waals surface area (Å²) in [6, 6.07) is 17.3. The van der Waals surface area contributed by atoms with Gasteiger partial charge in [0.15, 0.2) is 0 Å². The van der Waals surface area contributed by atoms with E-state index >= 15 is 0 Å². The van der Waals surface area contributed by atoms with Gasteiger partial charge < -0.3 is 9.80 Å². The van der Waals surface area contributed by atoms with Crippen LogP contribution in [0.2, 0.25) is 0 Å². The van der Waals surface area contributed by atoms with Gasteiger partial charge in [0, 0.05) is 49.5 Å². The summed E-state index contributed by atoms with van der Waals surface area (Å²) in [7, 11) is 4.45. The maximum absolute atomic E-state index is 14.7. The second-order valence-corrected chi connectivity index (χ2v) is 9.68. The molecule has 2 fully saturated rings. The summed E-state index contributed by atoms with van der Waals surface area (Å²) in [6.45, 7) is 4.46. The summed E-state index contributed by atoms with van der Waals surface area (Å²) in [4.78, 5) is 7.57. The van der Waals surface area contributed by atoms with Gasteiger partial charge in [-0.05, 0) is 75.4 Å². The van der Waals surface area contributed by atoms with Gasteiger partial charge in [-0.2, -0.15) is 0 Å². The van der Waals surface area contributed by atoms with Crippen LogP contribution in [0.5, 0.6) is 0 Å². The Bertz CT molecular complexity index is 860. The Hall–Kier alpha value is -1.91. The van der Waals surface area contributed by atoms with Gasteiger partial charge in [-0.15, -0.1) is 0 Å². The van der Waals surface area contributed by atoms with E-state index in [9.17, 15) is 4.39 Å². The lowest BCUT2D eigenvalue weighted by molar-refractivity contribution is 0.178. The highest BCUT2D eigenvalue weighted by atomic mass is 19.1. The molecule has 3 nitrogen and oxygen atoms in total. The first kappa shape index (κ1) is 20.0. The third-order valence-electron chi connectivity index (χ3n) is 7.90. The Morgan fingerprint density at radius 3 is 2.40 bits per heavy atom. The second kappa shape index (κ2) is 8.32. The third kappa shape index (κ3) is 3.65. The minimum atomic E-state index is -0.00368. The van der Waals surface area contributed by atoms with Gasteiger partial charge >= 0.3 is 0 Å². The molecule has 4 heteroatoms. The van der Waals surface area contributed by atoms with Crippen LogP contribution in [-0.4, -0.2) is 56.1 Å². The van der Waals surface area contributed by atoms with Gasteiger partial charge in [0.25, 0.3) is 0 Å². The van der Waals surface area contributed by atoms with E-state index < -0.39 is 0 Å². The summed E-state index contributed by atoms with van der Waals surface area (Å²) in [5.74, 6) is 1.42. The van der Waals surface area contributed by atoms with E-state index in [0.717, 1.165) is 50.5 Å². The first-order valence-electron chi connectivity index (χ1n) is 11.6. The summed E-state index contributed by atoms with van der Waals surface area (Å²) < 4.78 is 14.7. The van der Waals surface area contributed by atoms with Crippen LogP contribution < -0.4 is 4.90 Å². The Labute approximate surface area is 180 Å². The van der Waals surface area contributed by atoms with Gasteiger partial charge in [0.05, 0.1) is 0 Å². The summed E-state index contributed by atoms with van der Waals surface area (Å²) in [6.07, 6.45) is 4.59. The normalized spacial score (nSPS) is 27.7. The molecule has 2 aromatic rings. The quantitative estimate of drug-likeness (QED) is 0.734. The van der Waals surface area contributed by atoms with Crippen molar-refractivity contribution in [3.05, 3.63) is 65.5 Å². The molecule has 0 amide bonds. The van der Waals surface area contributed by atoms with Crippen LogP contribution in [0.25, 0.3) is 0 Å². The maximum atomic E-state index is 14.7. The number of likely N-dealkylation sites (tertiary alicyclic amines) is 1. The standard InChI is InChI=1S/C26H34FN3/c1-28(2)25-18-30(24-12-11-20-7-6-10-23(27)26(20)24)17-22(25)19-13-15-29(16-14-19)21-8-4-3-5-9-21/h3-10,19,22,24-25H,11-18H2,1-2H3. The molecule has 2 heterocycles. The van der Waals surface area contributed by atoms with E-state index in [1.54, 1.807) is 6.07 Å². The first-order valence-corrected chi connectivity index (χ1v) is 11.6. The SMILES string of the molecule is CN(C)C1CN(C2CCc3cccc(F)c32)CC1C1CCN(c2ccccc2)CC1. The van der Waals surface area contributed by atoms with Crippen LogP contribution in [0.1, 0.15) is 36.4 Å². The smallest absolute Gasteiger partial charge is 0.128 e. The van der Waals surface area contributed by atoms with Crippen LogP contribution in [0, 0.1) is 17.7 Å². The van der Waals surface area contributed by atoms with E-state index in [1.807, 2.05) is 6.07 Å². The van der Waals surface area contributed by atoms with Crippen molar-refractivity contribution in [1.29, 1.82) is 0 Å². The fourth-order valence-corrected chi connectivity index (χ4v) is 6.31. The van der Waals surface area contributed by atoms with Crippen molar-refractivity contribution < 1.29 is 4.39 Å². The average Bonchev–Trinajstić information content (AvgIpc) is 3.40. The van der Waals surface area contributed by atoms with Crippen molar-refractivity contribution in [1.82, 2.24) is 9.80 Å². The number of nitrogens with zero attached hydrogens (tertiary/aromatic N) is 3. The Morgan fingerprint density at radius 1 is 0.900 bits per heavy atom. The van der Waals surface area contributed by atoms with E-state index in [-0.39, 0.29) is 11.9 Å². The molecule has 0 spiro atoms. The predicted octanol–water partition coefficient (Wildman–Crippen LogP) is 4.59. The summed E-state index contributed by atoms with van der Waals surface area (Å²) >= 11 is 0. The molecular weight excluding hydrogens is 373 g/mol. The Morgan fingerprint density at radius 2 is 1.67 bits per heavy atom. The molecule has 3 aliphatic rings. The molecule has 160 valence electrons. The van der Waals surface area contributed by atoms with Crippen molar-refractivity contribution >= 4 is 5.69 Å². The molecular formula is C26H34FN3. The Balaban J connectivity index is 1.29. The number of para-hydroxylation sites is 1. The first-order chi connectivity index (χ1) is 14.6. The zero-order valence-corrected chi connectivity index (χ0v) is 18.3. The van der Waals surface area contributed by atoms with E-state index in [4.69, 9.17) is 0 Å². The number of anilines is 1. The summed E-state index contributed by atoms with van der Waals surface area (Å²) in [5, 5.41) is 0. The molecule has 0 saturated carbocycles. The minimum absolute atomic E-state index is 0.00368. The van der Waals surface area contributed by atoms with Gasteiger partial charge in [-0.25, -0.2) is 4.39 Å². The lowest BCUT2D eigenvalue weighted by Gasteiger charge is -2.39. The topological polar surface area (TPSA) is 9.72 Å². The monoisotopic (exact) mass is 407 g/mol. The van der Waals surface area contributed by atoms with Crippen LogP contribution in [-0.2, 0) is 6.42 Å². The van der Waals surface area contributed by atoms with Gasteiger partial charge in [0.1, 0.15) is 5.82 Å². The highest BCUT2D eigenvalue weighted by Crippen LogP contribution is 2.43. The largest absolute Gasteiger partial charge is 0.372 e. The van der Waals surface area contributed by atoms with Crippen molar-refractivity contribution in [3.63, 3.8) is 0 Å². The molecule has 2 aliphatic heterocycles. The maximum Gasteiger partial charge on any atom is 0.128 e. The zero-order chi connectivity index (χ0) is 20.7. The average molecular weight is 408 g/mol. The minimum Gasteiger partial charge on any atom is -0.372 e. The fraction of sp³-hybridized carbons (Fsp3) is 0.538. The third-order valence-corrected chi connectivity index (χ3v) is 7.90. The Kier molecular flexibility index (Phi) is 5.55. The highest BCUT2D eigenvalue weighted by molar-refractivity contribution is 5.46. The fourth-order valence-electron chi connectivity index (χ4n) is 6.31. The van der Waals surface area contributed by atoms with Crippen LogP contribution in [0.15, 0.2) is 48.5 Å². The van der Waals surface area contributed by atoms with Crippen LogP contribution in [0.3, 0.4) is 0 Å². The van der Waals surface area contributed by atoms with E-state index in [0.29, 0.717) is 12.0 Å². The molecule has 0 bridgehead atoms. The molecule has 3 unspecified atom stereocenters. The number of piperidine rings is 1. The number of rotatable bonds is 4. The van der Waals surface area contributed by atoms with E-state index in [2.05, 4.69) is 65.2 Å². The van der Waals surface area contributed by atoms with Crippen LogP contribution in [0.4, 0.5) is 10.1 Å². The predicted molar refractivity (Wildman–Crippen MR) is 121 cm³/mol. The summed E-state index contributed by atoms with van der Waals surface area (Å²) in [5.41, 5.74) is 3.56. The second-order valence-electron chi connectivity index (χ2n) is 9.68. The number of halogens is 1. The lowest BCUT2D eigenvalue weighted by atomic mass is 9.81. The zero-order valence-electron chi connectivity index (χ0n) is 18.3. The van der Waals surface area contributed by atoms with Gasteiger partial charge in [-0.1, -0.05) is 30.3 Å². The molecule has 1 aliphatic carbocycles. The van der Waals surface area contributed by atoms with Crippen LogP contribution >= 0.6 is 0 Å². The molecule has 0 radical (unpaired) electrons. The number of benzene rings is 2. The lowest BCUT2D eigenvalue weighted by Crippen LogP contribution is -2.43. The van der Waals surface area contributed by atoms with E-state index in [1.165, 1.54) is 24.1 Å². The molecule has 0 N–H and O–H groups in total. The molecule has 2 saturated heterocycles. The van der Waals surface area contributed by atoms with Crippen molar-refractivity contribution in [3.8, 4) is 0 Å². The number of hydrogen-bond donors (Lipinski definition) is 0. The molecule has 30 heavy (non-hydrogen) atoms. The molecule has 5 rings (SSSR count). The molecule has 3 atom stereocenters. The van der Waals surface area contributed by atoms with Crippen molar-refractivity contribution in [2.45, 2.75) is 37.8 Å². The highest BCUT2D eigenvalue weighted by Gasteiger charge is 2.43. The number of aryl methyl sites for hydroxylation is 1. The van der Waals surface area contributed by atoms with Crippen molar-refractivity contribution in [2.24, 2.45) is 11.8 Å².